The zero-order chi connectivity index (χ0) is 15.6. The van der Waals surface area contributed by atoms with Crippen LogP contribution in [0.5, 0.6) is 0 Å². The Morgan fingerprint density at radius 3 is 2.62 bits per heavy atom. The van der Waals surface area contributed by atoms with Crippen LogP contribution in [0.3, 0.4) is 0 Å². The molecule has 21 heavy (non-hydrogen) atoms. The number of imide groups is 1. The molecule has 1 aromatic carbocycles. The molecule has 1 heterocycles. The van der Waals surface area contributed by atoms with Crippen LogP contribution in [0.25, 0.3) is 0 Å². The van der Waals surface area contributed by atoms with Gasteiger partial charge in [0.25, 0.3) is 0 Å². The van der Waals surface area contributed by atoms with Crippen molar-refractivity contribution in [1.82, 2.24) is 5.32 Å². The molecule has 1 saturated heterocycles. The summed E-state index contributed by atoms with van der Waals surface area (Å²) in [6.07, 6.45) is -4.22. The lowest BCUT2D eigenvalue weighted by Gasteiger charge is -2.23. The summed E-state index contributed by atoms with van der Waals surface area (Å²) in [7, 11) is 0. The summed E-state index contributed by atoms with van der Waals surface area (Å²) in [4.78, 5) is 22.5. The van der Waals surface area contributed by atoms with Gasteiger partial charge in [-0.2, -0.15) is 18.4 Å². The Hall–Kier alpha value is -2.56. The number of hydrogen-bond acceptors (Lipinski definition) is 4. The van der Waals surface area contributed by atoms with E-state index in [4.69, 9.17) is 5.26 Å². The van der Waals surface area contributed by atoms with Crippen molar-refractivity contribution in [2.75, 3.05) is 5.32 Å². The van der Waals surface area contributed by atoms with Crippen molar-refractivity contribution < 1.29 is 22.8 Å². The van der Waals surface area contributed by atoms with E-state index in [9.17, 15) is 22.8 Å². The molecule has 0 spiro atoms. The van der Waals surface area contributed by atoms with Crippen molar-refractivity contribution in [2.24, 2.45) is 0 Å². The largest absolute Gasteiger partial charge is 0.417 e. The fourth-order valence-corrected chi connectivity index (χ4v) is 2.01. The molecule has 8 heteroatoms. The van der Waals surface area contributed by atoms with E-state index in [0.717, 1.165) is 18.2 Å². The molecule has 2 rings (SSSR count). The molecule has 1 fully saturated rings. The van der Waals surface area contributed by atoms with Crippen molar-refractivity contribution in [3.63, 3.8) is 0 Å². The highest BCUT2D eigenvalue weighted by molar-refractivity contribution is 6.01. The third-order valence-electron chi connectivity index (χ3n) is 3.03. The smallest absolute Gasteiger partial charge is 0.374 e. The first kappa shape index (κ1) is 14.8. The summed E-state index contributed by atoms with van der Waals surface area (Å²) in [5.74, 6) is -0.923. The van der Waals surface area contributed by atoms with E-state index < -0.39 is 29.3 Å². The lowest BCUT2D eigenvalue weighted by atomic mass is 10.0. The summed E-state index contributed by atoms with van der Waals surface area (Å²) >= 11 is 0. The second-order valence-electron chi connectivity index (χ2n) is 4.52. The van der Waals surface area contributed by atoms with Crippen molar-refractivity contribution in [3.8, 4) is 6.07 Å². The van der Waals surface area contributed by atoms with E-state index in [-0.39, 0.29) is 24.4 Å². The minimum atomic E-state index is -4.61. The van der Waals surface area contributed by atoms with Gasteiger partial charge in [0.05, 0.1) is 17.2 Å². The first-order valence-electron chi connectivity index (χ1n) is 6.03. The van der Waals surface area contributed by atoms with Crippen LogP contribution in [-0.4, -0.2) is 17.9 Å². The first-order chi connectivity index (χ1) is 9.81. The molecule has 110 valence electrons. The number of halogens is 3. The predicted octanol–water partition coefficient (Wildman–Crippen LogP) is 1.79. The van der Waals surface area contributed by atoms with Crippen LogP contribution in [0.4, 0.5) is 18.9 Å². The van der Waals surface area contributed by atoms with Crippen molar-refractivity contribution >= 4 is 17.5 Å². The highest BCUT2D eigenvalue weighted by Gasteiger charge is 2.34. The molecule has 1 aromatic rings. The zero-order valence-electron chi connectivity index (χ0n) is 10.6. The summed E-state index contributed by atoms with van der Waals surface area (Å²) in [6, 6.07) is 3.73. The zero-order valence-corrected chi connectivity index (χ0v) is 10.6. The van der Waals surface area contributed by atoms with Crippen molar-refractivity contribution in [3.05, 3.63) is 29.3 Å². The van der Waals surface area contributed by atoms with E-state index in [0.29, 0.717) is 0 Å². The van der Waals surface area contributed by atoms with E-state index in [1.54, 1.807) is 0 Å². The number of anilines is 1. The summed E-state index contributed by atoms with van der Waals surface area (Å²) in [6.45, 7) is 0. The second kappa shape index (κ2) is 5.44. The lowest BCUT2D eigenvalue weighted by molar-refractivity contribution is -0.138. The molecule has 1 aliphatic heterocycles. The Bertz CT molecular complexity index is 635. The van der Waals surface area contributed by atoms with Crippen LogP contribution in [-0.2, 0) is 15.8 Å². The molecule has 0 aromatic heterocycles. The van der Waals surface area contributed by atoms with Crippen LogP contribution in [0.15, 0.2) is 18.2 Å². The number of piperidine rings is 1. The molecule has 0 radical (unpaired) electrons. The Morgan fingerprint density at radius 1 is 1.33 bits per heavy atom. The van der Waals surface area contributed by atoms with Gasteiger partial charge in [-0.1, -0.05) is 0 Å². The molecule has 1 atom stereocenters. The van der Waals surface area contributed by atoms with Gasteiger partial charge < -0.3 is 5.32 Å². The maximum Gasteiger partial charge on any atom is 0.417 e. The summed E-state index contributed by atoms with van der Waals surface area (Å²) in [5, 5.41) is 13.6. The normalized spacial score (nSPS) is 18.9. The van der Waals surface area contributed by atoms with E-state index in [1.807, 2.05) is 0 Å². The van der Waals surface area contributed by atoms with Gasteiger partial charge in [-0.05, 0) is 24.6 Å². The fraction of sp³-hybridized carbons (Fsp3) is 0.308. The first-order valence-corrected chi connectivity index (χ1v) is 6.03. The van der Waals surface area contributed by atoms with Crippen LogP contribution < -0.4 is 10.6 Å². The predicted molar refractivity (Wildman–Crippen MR) is 66.0 cm³/mol. The molecule has 0 saturated carbocycles. The highest BCUT2D eigenvalue weighted by atomic mass is 19.4. The summed E-state index contributed by atoms with van der Waals surface area (Å²) in [5.41, 5.74) is -1.34. The Morgan fingerprint density at radius 2 is 2.05 bits per heavy atom. The van der Waals surface area contributed by atoms with E-state index >= 15 is 0 Å². The number of carbonyl (C=O) groups is 2. The van der Waals surface area contributed by atoms with Crippen molar-refractivity contribution in [2.45, 2.75) is 25.1 Å². The SMILES string of the molecule is N#Cc1cc(NC2CCC(=O)NC2=O)ccc1C(F)(F)F. The third-order valence-corrected chi connectivity index (χ3v) is 3.03. The Labute approximate surface area is 117 Å². The molecule has 1 unspecified atom stereocenters. The Kier molecular flexibility index (Phi) is 3.84. The van der Waals surface area contributed by atoms with Gasteiger partial charge in [-0.3, -0.25) is 14.9 Å². The number of benzene rings is 1. The third kappa shape index (κ3) is 3.31. The maximum atomic E-state index is 12.7. The maximum absolute atomic E-state index is 12.7. The average molecular weight is 297 g/mol. The van der Waals surface area contributed by atoms with Gasteiger partial charge in [-0.15, -0.1) is 0 Å². The highest BCUT2D eigenvalue weighted by Crippen LogP contribution is 2.33. The van der Waals surface area contributed by atoms with Crippen LogP contribution in [0.1, 0.15) is 24.0 Å². The summed E-state index contributed by atoms with van der Waals surface area (Å²) < 4.78 is 38.0. The number of carbonyl (C=O) groups excluding carboxylic acids is 2. The number of rotatable bonds is 2. The molecule has 0 bridgehead atoms. The van der Waals surface area contributed by atoms with Gasteiger partial charge in [-0.25, -0.2) is 0 Å². The van der Waals surface area contributed by atoms with E-state index in [1.165, 1.54) is 6.07 Å². The van der Waals surface area contributed by atoms with Crippen LogP contribution in [0.2, 0.25) is 0 Å². The van der Waals surface area contributed by atoms with Crippen LogP contribution >= 0.6 is 0 Å². The number of alkyl halides is 3. The molecule has 0 aliphatic carbocycles. The monoisotopic (exact) mass is 297 g/mol. The van der Waals surface area contributed by atoms with Gasteiger partial charge in [0.2, 0.25) is 11.8 Å². The molecule has 5 nitrogen and oxygen atoms in total. The number of nitrogens with zero attached hydrogens (tertiary/aromatic N) is 1. The second-order valence-corrected chi connectivity index (χ2v) is 4.52. The standard InChI is InChI=1S/C13H10F3N3O2/c14-13(15,16)9-2-1-8(5-7(9)6-17)18-10-3-4-11(20)19-12(10)21/h1-2,5,10,18H,3-4H2,(H,19,20,21). The molecular weight excluding hydrogens is 287 g/mol. The van der Waals surface area contributed by atoms with E-state index in [2.05, 4.69) is 10.6 Å². The van der Waals surface area contributed by atoms with Gasteiger partial charge in [0.15, 0.2) is 0 Å². The average Bonchev–Trinajstić information content (AvgIpc) is 2.40. The minimum Gasteiger partial charge on any atom is -0.374 e. The molecular formula is C13H10F3N3O2. The van der Waals surface area contributed by atoms with Crippen LogP contribution in [0, 0.1) is 11.3 Å². The quantitative estimate of drug-likeness (QED) is 0.815. The minimum absolute atomic E-state index is 0.148. The number of amides is 2. The number of nitriles is 1. The topological polar surface area (TPSA) is 82.0 Å². The van der Waals surface area contributed by atoms with Gasteiger partial charge in [0, 0.05) is 12.1 Å². The Balaban J connectivity index is 2.21. The van der Waals surface area contributed by atoms with Gasteiger partial charge >= 0.3 is 6.18 Å². The van der Waals surface area contributed by atoms with Gasteiger partial charge in [0.1, 0.15) is 6.04 Å². The van der Waals surface area contributed by atoms with Crippen molar-refractivity contribution in [1.29, 1.82) is 5.26 Å². The number of hydrogen-bond donors (Lipinski definition) is 2. The fourth-order valence-electron chi connectivity index (χ4n) is 2.01. The number of nitrogens with one attached hydrogen (secondary N) is 2. The lowest BCUT2D eigenvalue weighted by Crippen LogP contribution is -2.47. The molecule has 2 N–H and O–H groups in total. The molecule has 1 aliphatic rings. The molecule has 2 amide bonds.